The van der Waals surface area contributed by atoms with Crippen molar-refractivity contribution in [1.82, 2.24) is 0 Å². The molecule has 0 aliphatic heterocycles. The van der Waals surface area contributed by atoms with Gasteiger partial charge in [-0.15, -0.1) is 0 Å². The van der Waals surface area contributed by atoms with E-state index in [0.29, 0.717) is 0 Å². The van der Waals surface area contributed by atoms with Gasteiger partial charge in [0, 0.05) is 0 Å². The second-order valence-electron chi connectivity index (χ2n) is 0.429. The van der Waals surface area contributed by atoms with Crippen LogP contribution in [-0.2, 0) is 0 Å². The van der Waals surface area contributed by atoms with Gasteiger partial charge < -0.3 is 5.41 Å². The normalized spacial score (nSPS) is 9.14. The minimum absolute atomic E-state index is 2.03. The summed E-state index contributed by atoms with van der Waals surface area (Å²) in [7, 11) is 0. The standard InChI is InChI=1S/CH3N.4BrH.Pb/c1-2;;;;;/h2H,1H2;4*1H;/q;;;;;+4/p-4. The second kappa shape index (κ2) is 6.63. The van der Waals surface area contributed by atoms with E-state index < -0.39 is 11.5 Å². The van der Waals surface area contributed by atoms with Crippen molar-refractivity contribution in [3.63, 3.8) is 0 Å². The molecule has 0 spiro atoms. The molecular formula is CH3Br4NPb. The molecule has 0 bridgehead atoms. The Labute approximate surface area is 70.0 Å². The Balaban J connectivity index is 0. The van der Waals surface area contributed by atoms with Crippen LogP contribution in [-0.4, -0.2) is 18.3 Å². The zero-order valence-corrected chi connectivity index (χ0v) is 13.5. The van der Waals surface area contributed by atoms with E-state index in [1.807, 2.05) is 0 Å². The monoisotopic (exact) mass is 553 g/mol. The van der Waals surface area contributed by atoms with Crippen molar-refractivity contribution in [2.45, 2.75) is 0 Å². The zero-order chi connectivity index (χ0) is 6.50. The minimum atomic E-state index is -2.03. The van der Waals surface area contributed by atoms with Gasteiger partial charge in [-0.05, 0) is 6.72 Å². The van der Waals surface area contributed by atoms with Crippen molar-refractivity contribution >= 4 is 66.2 Å². The number of rotatable bonds is 0. The molecular weight excluding hydrogens is 553 g/mol. The van der Waals surface area contributed by atoms with E-state index in [1.54, 1.807) is 0 Å². The summed E-state index contributed by atoms with van der Waals surface area (Å²) < 4.78 is 0. The summed E-state index contributed by atoms with van der Waals surface area (Å²) in [4.78, 5) is 0. The average Bonchev–Trinajstić information content (AvgIpc) is 1.36. The molecule has 0 saturated heterocycles. The molecule has 0 aromatic carbocycles. The summed E-state index contributed by atoms with van der Waals surface area (Å²) in [5.41, 5.74) is 0. The van der Waals surface area contributed by atoms with Gasteiger partial charge in [-0.2, -0.15) is 0 Å². The molecule has 0 radical (unpaired) electrons. The summed E-state index contributed by atoms with van der Waals surface area (Å²) in [6.45, 7) is 2.50. The predicted octanol–water partition coefficient (Wildman–Crippen LogP) is 3.27. The maximum absolute atomic E-state index is 5.50. The molecule has 0 unspecified atom stereocenters. The van der Waals surface area contributed by atoms with Gasteiger partial charge >= 0.3 is 59.5 Å². The van der Waals surface area contributed by atoms with Gasteiger partial charge in [0.25, 0.3) is 0 Å². The van der Waals surface area contributed by atoms with Crippen LogP contribution in [0.5, 0.6) is 0 Å². The summed E-state index contributed by atoms with van der Waals surface area (Å²) in [5.74, 6) is 0. The van der Waals surface area contributed by atoms with Crippen LogP contribution in [0.4, 0.5) is 0 Å². The molecule has 7 heavy (non-hydrogen) atoms. The number of hydrogen-bond acceptors (Lipinski definition) is 1. The number of nitrogens with one attached hydrogen (secondary N) is 1. The van der Waals surface area contributed by atoms with Crippen LogP contribution >= 0.6 is 47.9 Å². The van der Waals surface area contributed by atoms with Crippen molar-refractivity contribution in [3.05, 3.63) is 0 Å². The molecule has 0 rings (SSSR count). The predicted molar refractivity (Wildman–Crippen MR) is 51.3 cm³/mol. The third-order valence-electron chi connectivity index (χ3n) is 0. The Morgan fingerprint density at radius 1 is 1.00 bits per heavy atom. The first-order valence-corrected chi connectivity index (χ1v) is 34.8. The molecule has 0 saturated carbocycles. The molecule has 0 aliphatic rings. The Bertz CT molecular complexity index is 35.4. The molecule has 44 valence electrons. The average molecular weight is 556 g/mol. The van der Waals surface area contributed by atoms with Crippen molar-refractivity contribution in [1.29, 1.82) is 5.41 Å². The molecule has 0 aliphatic carbocycles. The SMILES string of the molecule is C=N.[Br][Pb]([Br])([Br])[Br]. The fourth-order valence-corrected chi connectivity index (χ4v) is 0. The van der Waals surface area contributed by atoms with E-state index >= 15 is 0 Å². The fourth-order valence-electron chi connectivity index (χ4n) is 0. The summed E-state index contributed by atoms with van der Waals surface area (Å²) >= 11 is 11.4. The van der Waals surface area contributed by atoms with Crippen molar-refractivity contribution in [3.8, 4) is 0 Å². The van der Waals surface area contributed by atoms with E-state index in [-0.39, 0.29) is 0 Å². The Hall–Kier alpha value is 2.51. The van der Waals surface area contributed by atoms with Crippen molar-refractivity contribution < 1.29 is 0 Å². The van der Waals surface area contributed by atoms with Crippen LogP contribution in [0.2, 0.25) is 0 Å². The Kier molecular flexibility index (Phi) is 11.6. The maximum atomic E-state index is 5.50. The third kappa shape index (κ3) is 57.2. The molecule has 0 aromatic heterocycles. The van der Waals surface area contributed by atoms with Crippen LogP contribution in [0.1, 0.15) is 0 Å². The molecule has 0 heterocycles. The first kappa shape index (κ1) is 12.2. The van der Waals surface area contributed by atoms with Gasteiger partial charge in [-0.1, -0.05) is 0 Å². The summed E-state index contributed by atoms with van der Waals surface area (Å²) in [6, 6.07) is 0. The van der Waals surface area contributed by atoms with E-state index in [9.17, 15) is 0 Å². The van der Waals surface area contributed by atoms with Crippen LogP contribution in [0.15, 0.2) is 0 Å². The van der Waals surface area contributed by atoms with Crippen LogP contribution in [0.3, 0.4) is 0 Å². The Morgan fingerprint density at radius 3 is 1.00 bits per heavy atom. The van der Waals surface area contributed by atoms with Crippen LogP contribution < -0.4 is 0 Å². The summed E-state index contributed by atoms with van der Waals surface area (Å²) in [6.07, 6.45) is 0. The van der Waals surface area contributed by atoms with Crippen LogP contribution in [0.25, 0.3) is 0 Å². The third-order valence-corrected chi connectivity index (χ3v) is 0. The first-order valence-electron chi connectivity index (χ1n) is 1.11. The van der Waals surface area contributed by atoms with E-state index in [1.165, 1.54) is 0 Å². The van der Waals surface area contributed by atoms with Gasteiger partial charge in [-0.3, -0.25) is 0 Å². The molecule has 1 nitrogen and oxygen atoms in total. The second-order valence-corrected chi connectivity index (χ2v) is 102. The molecule has 0 aromatic rings. The van der Waals surface area contributed by atoms with Gasteiger partial charge in [0.15, 0.2) is 0 Å². The van der Waals surface area contributed by atoms with Crippen molar-refractivity contribution in [2.75, 3.05) is 0 Å². The van der Waals surface area contributed by atoms with Crippen molar-refractivity contribution in [2.24, 2.45) is 0 Å². The number of hydrogen-bond donors (Lipinski definition) is 1. The molecule has 0 atom stereocenters. The first-order chi connectivity index (χ1) is 3.00. The summed E-state index contributed by atoms with van der Waals surface area (Å²) in [5, 5.41) is 5.50. The van der Waals surface area contributed by atoms with E-state index in [0.717, 1.165) is 0 Å². The Morgan fingerprint density at radius 2 is 1.00 bits per heavy atom. The fraction of sp³-hybridized carbons (Fsp3) is 0. The molecule has 0 amide bonds. The quantitative estimate of drug-likeness (QED) is 0.351. The van der Waals surface area contributed by atoms with Gasteiger partial charge in [-0.25, -0.2) is 0 Å². The van der Waals surface area contributed by atoms with Gasteiger partial charge in [0.1, 0.15) is 0 Å². The van der Waals surface area contributed by atoms with Crippen LogP contribution in [0, 0.1) is 5.41 Å². The topological polar surface area (TPSA) is 23.9 Å². The number of halogens is 4. The van der Waals surface area contributed by atoms with E-state index in [4.69, 9.17) is 5.41 Å². The molecule has 1 N–H and O–H groups in total. The molecule has 0 fully saturated rings. The van der Waals surface area contributed by atoms with Gasteiger partial charge in [0.05, 0.1) is 0 Å². The van der Waals surface area contributed by atoms with Gasteiger partial charge in [0.2, 0.25) is 0 Å². The van der Waals surface area contributed by atoms with E-state index in [2.05, 4.69) is 54.7 Å². The zero-order valence-electron chi connectivity index (χ0n) is 3.22. The molecule has 6 heteroatoms.